The number of carbonyl (C=O) groups excluding carboxylic acids is 2. The van der Waals surface area contributed by atoms with Crippen LogP contribution in [-0.2, 0) is 31.9 Å². The smallest absolute Gasteiger partial charge is 0.311 e. The summed E-state index contributed by atoms with van der Waals surface area (Å²) in [6.45, 7) is 10.8. The number of hydrogen-bond donors (Lipinski definition) is 0. The molecule has 6 rings (SSSR count). The summed E-state index contributed by atoms with van der Waals surface area (Å²) < 4.78 is 14.0. The van der Waals surface area contributed by atoms with E-state index >= 15 is 0 Å². The van der Waals surface area contributed by atoms with Crippen LogP contribution in [0, 0.1) is 38.2 Å². The molecule has 0 fully saturated rings. The Hall–Kier alpha value is -4.32. The van der Waals surface area contributed by atoms with Crippen molar-refractivity contribution in [2.24, 2.45) is 10.8 Å². The Labute approximate surface area is 353 Å². The van der Waals surface area contributed by atoms with Gasteiger partial charge in [-0.3, -0.25) is 29.8 Å². The summed E-state index contributed by atoms with van der Waals surface area (Å²) in [7, 11) is 0. The lowest BCUT2D eigenvalue weighted by Crippen LogP contribution is -2.49. The molecular formula is C42H44I2N4O8. The molecule has 0 spiro atoms. The predicted molar refractivity (Wildman–Crippen MR) is 231 cm³/mol. The van der Waals surface area contributed by atoms with Gasteiger partial charge in [0.1, 0.15) is 13.2 Å². The van der Waals surface area contributed by atoms with Gasteiger partial charge in [-0.1, -0.05) is 36.4 Å². The summed E-state index contributed by atoms with van der Waals surface area (Å²) in [6.07, 6.45) is 0.755. The second kappa shape index (κ2) is 16.3. The molecule has 4 atom stereocenters. The van der Waals surface area contributed by atoms with Crippen LogP contribution in [-0.4, -0.2) is 47.1 Å². The molecule has 0 saturated carbocycles. The maximum absolute atomic E-state index is 13.3. The van der Waals surface area contributed by atoms with E-state index in [0.717, 1.165) is 40.8 Å². The number of esters is 2. The average molecular weight is 987 g/mol. The van der Waals surface area contributed by atoms with Gasteiger partial charge in [-0.15, -0.1) is 0 Å². The minimum atomic E-state index is -0.758. The fourth-order valence-electron chi connectivity index (χ4n) is 7.48. The highest BCUT2D eigenvalue weighted by Gasteiger charge is 2.48. The third kappa shape index (κ3) is 8.50. The molecule has 0 radical (unpaired) electrons. The monoisotopic (exact) mass is 986 g/mol. The van der Waals surface area contributed by atoms with Crippen molar-refractivity contribution in [3.05, 3.63) is 135 Å². The number of anilines is 2. The number of benzene rings is 4. The number of nitro groups is 2. The highest BCUT2D eigenvalue weighted by Crippen LogP contribution is 2.52. The third-order valence-electron chi connectivity index (χ3n) is 10.2. The van der Waals surface area contributed by atoms with Gasteiger partial charge in [0.05, 0.1) is 44.8 Å². The molecule has 4 aromatic carbocycles. The van der Waals surface area contributed by atoms with E-state index < -0.39 is 44.8 Å². The van der Waals surface area contributed by atoms with Crippen LogP contribution in [0.25, 0.3) is 0 Å². The van der Waals surface area contributed by atoms with Crippen molar-refractivity contribution in [3.63, 3.8) is 0 Å². The lowest BCUT2D eigenvalue weighted by Gasteiger charge is -2.47. The van der Waals surface area contributed by atoms with Crippen LogP contribution in [0.1, 0.15) is 75.9 Å². The zero-order valence-corrected chi connectivity index (χ0v) is 36.3. The van der Waals surface area contributed by atoms with Crippen molar-refractivity contribution in [1.29, 1.82) is 0 Å². The normalized spacial score (nSPS) is 17.5. The maximum atomic E-state index is 13.3. The first-order valence-electron chi connectivity index (χ1n) is 18.3. The van der Waals surface area contributed by atoms with Crippen molar-refractivity contribution in [2.45, 2.75) is 78.6 Å². The number of fused-ring (bicyclic) bond motifs is 2. The summed E-state index contributed by atoms with van der Waals surface area (Å²) in [5.41, 5.74) is 3.37. The number of ether oxygens (including phenoxy) is 2. The first-order valence-corrected chi connectivity index (χ1v) is 20.5. The summed E-state index contributed by atoms with van der Waals surface area (Å²) in [4.78, 5) is 54.2. The molecule has 0 aliphatic carbocycles. The number of halogens is 2. The molecule has 0 bridgehead atoms. The summed E-state index contributed by atoms with van der Waals surface area (Å²) in [6, 6.07) is 23.9. The maximum Gasteiger partial charge on any atom is 0.311 e. The molecule has 14 heteroatoms. The van der Waals surface area contributed by atoms with E-state index in [1.54, 1.807) is 65.8 Å². The van der Waals surface area contributed by atoms with Crippen LogP contribution in [0.15, 0.2) is 84.9 Å². The second-order valence-corrected chi connectivity index (χ2v) is 18.6. The van der Waals surface area contributed by atoms with Crippen LogP contribution in [0.3, 0.4) is 0 Å². The molecule has 0 N–H and O–H groups in total. The number of carbonyl (C=O) groups is 2. The van der Waals surface area contributed by atoms with Crippen molar-refractivity contribution in [3.8, 4) is 0 Å². The fraction of sp³-hybridized carbons (Fsp3) is 0.381. The van der Waals surface area contributed by atoms with Crippen molar-refractivity contribution >= 4 is 79.9 Å². The van der Waals surface area contributed by atoms with Crippen molar-refractivity contribution < 1.29 is 28.9 Å². The quantitative estimate of drug-likeness (QED) is 0.0617. The standard InChI is InChI=1S/C42H44I2N4O8/c1-41(2,3)39(49)55-23-29-21-25-19-27(47(51)52)15-17-35(25)45(29)37(31-11-7-9-13-33(31)43)38(32-12-8-10-14-34(32)44)46-30(24-56-40(50)42(4,5)6)22-26-20-28(48(53)54)16-18-36(26)46/h7-20,29-30,37-38H,21-24H2,1-6H3/t29-,30+,37+,38-. The molecule has 294 valence electrons. The fourth-order valence-corrected chi connectivity index (χ4v) is 8.90. The van der Waals surface area contributed by atoms with Crippen LogP contribution < -0.4 is 9.80 Å². The minimum absolute atomic E-state index is 0.0203. The molecule has 12 nitrogen and oxygen atoms in total. The molecular weight excluding hydrogens is 942 g/mol. The second-order valence-electron chi connectivity index (χ2n) is 16.3. The Morgan fingerprint density at radius 2 is 1.02 bits per heavy atom. The lowest BCUT2D eigenvalue weighted by molar-refractivity contribution is -0.385. The molecule has 56 heavy (non-hydrogen) atoms. The molecule has 2 aliphatic heterocycles. The highest BCUT2D eigenvalue weighted by molar-refractivity contribution is 14.1. The van der Waals surface area contributed by atoms with Gasteiger partial charge in [-0.05, 0) is 146 Å². The highest BCUT2D eigenvalue weighted by atomic mass is 127. The Balaban J connectivity index is 1.62. The summed E-state index contributed by atoms with van der Waals surface area (Å²) in [5.74, 6) is -0.731. The van der Waals surface area contributed by atoms with Gasteiger partial charge in [0.25, 0.3) is 11.4 Å². The van der Waals surface area contributed by atoms with Crippen LogP contribution in [0.2, 0.25) is 0 Å². The average Bonchev–Trinajstić information content (AvgIpc) is 3.68. The zero-order valence-electron chi connectivity index (χ0n) is 32.0. The molecule has 0 unspecified atom stereocenters. The Morgan fingerprint density at radius 3 is 1.34 bits per heavy atom. The van der Waals surface area contributed by atoms with Crippen LogP contribution in [0.4, 0.5) is 22.7 Å². The number of non-ortho nitro benzene ring substituents is 2. The van der Waals surface area contributed by atoms with Crippen molar-refractivity contribution in [1.82, 2.24) is 0 Å². The minimum Gasteiger partial charge on any atom is -0.463 e. The van der Waals surface area contributed by atoms with Gasteiger partial charge >= 0.3 is 11.9 Å². The van der Waals surface area contributed by atoms with Crippen molar-refractivity contribution in [2.75, 3.05) is 23.0 Å². The molecule has 4 aromatic rings. The van der Waals surface area contributed by atoms with Gasteiger partial charge in [0, 0.05) is 42.8 Å². The van der Waals surface area contributed by atoms with E-state index in [2.05, 4.69) is 67.1 Å². The first kappa shape index (κ1) is 41.3. The van der Waals surface area contributed by atoms with Crippen LogP contribution >= 0.6 is 45.2 Å². The lowest BCUT2D eigenvalue weighted by atomic mass is 9.89. The number of nitro benzene ring substituents is 2. The third-order valence-corrected chi connectivity index (χ3v) is 12.2. The van der Waals surface area contributed by atoms with Gasteiger partial charge in [0.2, 0.25) is 0 Å². The van der Waals surface area contributed by atoms with E-state index in [1.807, 2.05) is 36.4 Å². The van der Waals surface area contributed by atoms with E-state index in [0.29, 0.717) is 12.8 Å². The van der Waals surface area contributed by atoms with E-state index in [4.69, 9.17) is 9.47 Å². The van der Waals surface area contributed by atoms with Gasteiger partial charge in [-0.2, -0.15) is 0 Å². The molecule has 0 aromatic heterocycles. The van der Waals surface area contributed by atoms with Gasteiger partial charge in [-0.25, -0.2) is 0 Å². The predicted octanol–water partition coefficient (Wildman–Crippen LogP) is 9.54. The summed E-state index contributed by atoms with van der Waals surface area (Å²) >= 11 is 4.67. The van der Waals surface area contributed by atoms with E-state index in [9.17, 15) is 29.8 Å². The van der Waals surface area contributed by atoms with Gasteiger partial charge in [0.15, 0.2) is 0 Å². The number of rotatable bonds is 11. The Bertz CT molecular complexity index is 2030. The Morgan fingerprint density at radius 1 is 0.661 bits per heavy atom. The SMILES string of the molecule is CC(C)(C)C(=O)OC[C@@H]1Cc2cc([N+](=O)[O-])ccc2N1[C@H](c1ccccc1I)[C@H](c1ccccc1I)N1c2ccc([N+](=O)[O-])cc2C[C@@H]1COC(=O)C(C)(C)C. The molecule has 2 aliphatic rings. The zero-order chi connectivity index (χ0) is 40.7. The Kier molecular flexibility index (Phi) is 12.0. The topological polar surface area (TPSA) is 145 Å². The van der Waals surface area contributed by atoms with Crippen LogP contribution in [0.5, 0.6) is 0 Å². The van der Waals surface area contributed by atoms with E-state index in [1.165, 1.54) is 12.1 Å². The van der Waals surface area contributed by atoms with E-state index in [-0.39, 0.29) is 36.5 Å². The molecule has 0 amide bonds. The molecule has 2 heterocycles. The van der Waals surface area contributed by atoms with Gasteiger partial charge < -0.3 is 19.3 Å². The number of nitrogens with zero attached hydrogens (tertiary/aromatic N) is 4. The largest absolute Gasteiger partial charge is 0.463 e. The molecule has 0 saturated heterocycles. The first-order chi connectivity index (χ1) is 26.4. The summed E-state index contributed by atoms with van der Waals surface area (Å²) in [5, 5.41) is 24.0. The number of hydrogen-bond acceptors (Lipinski definition) is 10.